The third kappa shape index (κ3) is 2.03. The van der Waals surface area contributed by atoms with E-state index in [0.29, 0.717) is 32.8 Å². The van der Waals surface area contributed by atoms with Gasteiger partial charge in [0, 0.05) is 12.3 Å². The molecule has 0 aromatic carbocycles. The van der Waals surface area contributed by atoms with Crippen LogP contribution in [0.15, 0.2) is 23.3 Å². The van der Waals surface area contributed by atoms with Crippen LogP contribution in [-0.4, -0.2) is 49.2 Å². The Balaban J connectivity index is 1.70. The van der Waals surface area contributed by atoms with Gasteiger partial charge >= 0.3 is 0 Å². The van der Waals surface area contributed by atoms with Crippen LogP contribution in [0.25, 0.3) is 0 Å². The third-order valence-corrected chi connectivity index (χ3v) is 5.28. The smallest absolute Gasteiger partial charge is 0.283 e. The van der Waals surface area contributed by atoms with Crippen molar-refractivity contribution in [1.82, 2.24) is 0 Å². The van der Waals surface area contributed by atoms with Crippen LogP contribution in [0.1, 0.15) is 20.3 Å². The fourth-order valence-corrected chi connectivity index (χ4v) is 4.06. The molecular weight excluding hydrogens is 272 g/mol. The second-order valence-corrected chi connectivity index (χ2v) is 6.61. The first-order chi connectivity index (χ1) is 10.0. The molecule has 3 aliphatic heterocycles. The third-order valence-electron chi connectivity index (χ3n) is 5.28. The van der Waals surface area contributed by atoms with Gasteiger partial charge in [0.25, 0.3) is 5.97 Å². The first kappa shape index (κ1) is 13.9. The SMILES string of the molecule is CC1=CCO[C@H]2C1=C[C@H]1CC3(OCCO3)OC[C@@H]1[C@]2(C)O. The van der Waals surface area contributed by atoms with Crippen LogP contribution in [0.5, 0.6) is 0 Å². The van der Waals surface area contributed by atoms with E-state index in [1.54, 1.807) is 0 Å². The summed E-state index contributed by atoms with van der Waals surface area (Å²) in [6.45, 7) is 6.04. The Morgan fingerprint density at radius 2 is 2.00 bits per heavy atom. The molecule has 1 spiro atoms. The van der Waals surface area contributed by atoms with Crippen LogP contribution in [0, 0.1) is 11.8 Å². The molecule has 5 heteroatoms. The molecule has 4 atom stereocenters. The average molecular weight is 294 g/mol. The fraction of sp³-hybridized carbons (Fsp3) is 0.750. The molecule has 0 radical (unpaired) electrons. The second-order valence-electron chi connectivity index (χ2n) is 6.61. The van der Waals surface area contributed by atoms with Crippen molar-refractivity contribution >= 4 is 0 Å². The minimum atomic E-state index is -0.940. The second kappa shape index (κ2) is 4.64. The van der Waals surface area contributed by atoms with Gasteiger partial charge in [-0.05, 0) is 30.9 Å². The molecule has 2 fully saturated rings. The lowest BCUT2D eigenvalue weighted by Crippen LogP contribution is -2.60. The monoisotopic (exact) mass is 294 g/mol. The quantitative estimate of drug-likeness (QED) is 0.731. The van der Waals surface area contributed by atoms with Gasteiger partial charge in [0.05, 0.1) is 32.0 Å². The van der Waals surface area contributed by atoms with E-state index in [4.69, 9.17) is 18.9 Å². The van der Waals surface area contributed by atoms with E-state index >= 15 is 0 Å². The topological polar surface area (TPSA) is 57.2 Å². The van der Waals surface area contributed by atoms with E-state index in [0.717, 1.165) is 5.57 Å². The van der Waals surface area contributed by atoms with Gasteiger partial charge in [0.2, 0.25) is 0 Å². The first-order valence-corrected chi connectivity index (χ1v) is 7.66. The lowest BCUT2D eigenvalue weighted by Gasteiger charge is -2.52. The number of fused-ring (bicyclic) bond motifs is 2. The van der Waals surface area contributed by atoms with Crippen molar-refractivity contribution in [2.75, 3.05) is 26.4 Å². The summed E-state index contributed by atoms with van der Waals surface area (Å²) in [6, 6.07) is 0. The summed E-state index contributed by atoms with van der Waals surface area (Å²) in [5.41, 5.74) is 1.35. The Bertz CT molecular complexity index is 501. The summed E-state index contributed by atoms with van der Waals surface area (Å²) in [5.74, 6) is -0.743. The Labute approximate surface area is 124 Å². The van der Waals surface area contributed by atoms with Gasteiger partial charge in [-0.15, -0.1) is 0 Å². The van der Waals surface area contributed by atoms with Gasteiger partial charge in [0.1, 0.15) is 6.10 Å². The average Bonchev–Trinajstić information content (AvgIpc) is 2.88. The summed E-state index contributed by atoms with van der Waals surface area (Å²) in [7, 11) is 0. The maximum Gasteiger partial charge on any atom is 0.283 e. The molecule has 0 unspecified atom stereocenters. The van der Waals surface area contributed by atoms with Gasteiger partial charge in [-0.3, -0.25) is 0 Å². The van der Waals surface area contributed by atoms with Gasteiger partial charge in [0.15, 0.2) is 0 Å². The van der Waals surface area contributed by atoms with Gasteiger partial charge in [-0.25, -0.2) is 0 Å². The van der Waals surface area contributed by atoms with E-state index in [1.807, 2.05) is 6.92 Å². The van der Waals surface area contributed by atoms with Crippen LogP contribution in [0.2, 0.25) is 0 Å². The zero-order valence-corrected chi connectivity index (χ0v) is 12.5. The molecule has 5 nitrogen and oxygen atoms in total. The van der Waals surface area contributed by atoms with Crippen molar-refractivity contribution in [3.8, 4) is 0 Å². The van der Waals surface area contributed by atoms with E-state index in [1.165, 1.54) is 5.57 Å². The van der Waals surface area contributed by atoms with Gasteiger partial charge < -0.3 is 24.1 Å². The predicted molar refractivity (Wildman–Crippen MR) is 74.4 cm³/mol. The van der Waals surface area contributed by atoms with Gasteiger partial charge in [-0.1, -0.05) is 12.2 Å². The molecule has 0 bridgehead atoms. The molecule has 1 aliphatic carbocycles. The molecule has 2 saturated heterocycles. The van der Waals surface area contributed by atoms with E-state index < -0.39 is 11.6 Å². The molecule has 0 aromatic rings. The number of ether oxygens (including phenoxy) is 4. The molecule has 0 saturated carbocycles. The van der Waals surface area contributed by atoms with E-state index in [9.17, 15) is 5.11 Å². The van der Waals surface area contributed by atoms with Crippen molar-refractivity contribution in [2.24, 2.45) is 11.8 Å². The number of rotatable bonds is 0. The Kier molecular flexibility index (Phi) is 3.07. The van der Waals surface area contributed by atoms with E-state index in [2.05, 4.69) is 19.1 Å². The normalized spacial score (nSPS) is 44.8. The Morgan fingerprint density at radius 3 is 2.76 bits per heavy atom. The fourth-order valence-electron chi connectivity index (χ4n) is 4.06. The molecule has 0 amide bonds. The van der Waals surface area contributed by atoms with Crippen molar-refractivity contribution in [3.63, 3.8) is 0 Å². The highest BCUT2D eigenvalue weighted by Crippen LogP contribution is 2.49. The van der Waals surface area contributed by atoms with Crippen LogP contribution >= 0.6 is 0 Å². The lowest BCUT2D eigenvalue weighted by atomic mass is 9.65. The van der Waals surface area contributed by atoms with Gasteiger partial charge in [-0.2, -0.15) is 0 Å². The molecule has 0 aromatic heterocycles. The highest BCUT2D eigenvalue weighted by molar-refractivity contribution is 5.40. The minimum absolute atomic E-state index is 0.00410. The standard InChI is InChI=1S/C16H22O5/c1-10-3-4-18-14-12(10)7-11-8-16(19-5-6-20-16)21-9-13(11)15(14,2)17/h3,7,11,13-14,17H,4-6,8-9H2,1-2H3/t11-,13-,14-,15-/m0/s1. The van der Waals surface area contributed by atoms with Crippen molar-refractivity contribution < 1.29 is 24.1 Å². The van der Waals surface area contributed by atoms with Crippen LogP contribution in [0.4, 0.5) is 0 Å². The maximum atomic E-state index is 11.1. The van der Waals surface area contributed by atoms with Crippen molar-refractivity contribution in [2.45, 2.75) is 37.9 Å². The summed E-state index contributed by atoms with van der Waals surface area (Å²) < 4.78 is 23.0. The van der Waals surface area contributed by atoms with Crippen LogP contribution < -0.4 is 0 Å². The summed E-state index contributed by atoms with van der Waals surface area (Å²) >= 11 is 0. The number of allylic oxidation sites excluding steroid dienone is 1. The minimum Gasteiger partial charge on any atom is -0.387 e. The molecule has 21 heavy (non-hydrogen) atoms. The molecule has 4 rings (SSSR count). The molecule has 116 valence electrons. The number of hydrogen-bond acceptors (Lipinski definition) is 5. The van der Waals surface area contributed by atoms with Crippen LogP contribution in [0.3, 0.4) is 0 Å². The molecule has 4 aliphatic rings. The summed E-state index contributed by atoms with van der Waals surface area (Å²) in [4.78, 5) is 0. The van der Waals surface area contributed by atoms with Crippen molar-refractivity contribution in [3.05, 3.63) is 23.3 Å². The highest BCUT2D eigenvalue weighted by Gasteiger charge is 2.56. The number of aliphatic hydroxyl groups is 1. The summed E-state index contributed by atoms with van der Waals surface area (Å²) in [5, 5.41) is 11.1. The lowest BCUT2D eigenvalue weighted by molar-refractivity contribution is -0.368. The zero-order chi connectivity index (χ0) is 14.7. The molecular formula is C16H22O5. The van der Waals surface area contributed by atoms with E-state index in [-0.39, 0.29) is 17.9 Å². The number of hydrogen-bond donors (Lipinski definition) is 1. The maximum absolute atomic E-state index is 11.1. The summed E-state index contributed by atoms with van der Waals surface area (Å²) in [6.07, 6.45) is 4.65. The largest absolute Gasteiger partial charge is 0.387 e. The Hall–Kier alpha value is -0.720. The first-order valence-electron chi connectivity index (χ1n) is 7.66. The van der Waals surface area contributed by atoms with Crippen molar-refractivity contribution in [1.29, 1.82) is 0 Å². The Morgan fingerprint density at radius 1 is 1.24 bits per heavy atom. The molecule has 1 N–H and O–H groups in total. The molecule has 3 heterocycles. The zero-order valence-electron chi connectivity index (χ0n) is 12.5. The van der Waals surface area contributed by atoms with Crippen LogP contribution in [-0.2, 0) is 18.9 Å². The highest BCUT2D eigenvalue weighted by atomic mass is 16.9. The predicted octanol–water partition coefficient (Wildman–Crippen LogP) is 1.38.